The normalized spacial score (nSPS) is 10.6. The third-order valence-corrected chi connectivity index (χ3v) is 4.09. The van der Waals surface area contributed by atoms with E-state index in [1.807, 2.05) is 12.1 Å². The van der Waals surface area contributed by atoms with Crippen molar-refractivity contribution in [3.63, 3.8) is 0 Å². The molecule has 0 amide bonds. The van der Waals surface area contributed by atoms with Crippen LogP contribution in [0.1, 0.15) is 60.0 Å². The molecule has 90 valence electrons. The molecule has 0 atom stereocenters. The quantitative estimate of drug-likeness (QED) is 0.472. The van der Waals surface area contributed by atoms with E-state index in [0.717, 1.165) is 6.42 Å². The summed E-state index contributed by atoms with van der Waals surface area (Å²) in [6.45, 7) is 2.23. The Hall–Kier alpha value is -0.340. The van der Waals surface area contributed by atoms with Gasteiger partial charge in [-0.2, -0.15) is 0 Å². The SMILES string of the molecule is CCCCCCCCc1ccc(C(=O)Cl)s1. The van der Waals surface area contributed by atoms with Crippen LogP contribution in [0.5, 0.6) is 0 Å². The Balaban J connectivity index is 2.14. The van der Waals surface area contributed by atoms with E-state index in [0.29, 0.717) is 4.88 Å². The summed E-state index contributed by atoms with van der Waals surface area (Å²) in [5.41, 5.74) is 0. The zero-order valence-electron chi connectivity index (χ0n) is 9.80. The third kappa shape index (κ3) is 5.13. The summed E-state index contributed by atoms with van der Waals surface area (Å²) in [5.74, 6) is 0. The van der Waals surface area contributed by atoms with Gasteiger partial charge in [0.1, 0.15) is 0 Å². The Morgan fingerprint density at radius 2 is 1.88 bits per heavy atom. The number of aryl methyl sites for hydroxylation is 1. The fraction of sp³-hybridized carbons (Fsp3) is 0.615. The molecule has 0 spiro atoms. The molecular weight excluding hydrogens is 240 g/mol. The maximum absolute atomic E-state index is 10.9. The van der Waals surface area contributed by atoms with E-state index in [-0.39, 0.29) is 5.24 Å². The highest BCUT2D eigenvalue weighted by molar-refractivity contribution is 7.15. The number of unbranched alkanes of at least 4 members (excludes halogenated alkanes) is 5. The van der Waals surface area contributed by atoms with Gasteiger partial charge in [-0.05, 0) is 36.6 Å². The molecule has 3 heteroatoms. The average Bonchev–Trinajstić information content (AvgIpc) is 2.72. The van der Waals surface area contributed by atoms with E-state index in [2.05, 4.69) is 6.92 Å². The number of hydrogen-bond donors (Lipinski definition) is 0. The lowest BCUT2D eigenvalue weighted by Crippen LogP contribution is -1.82. The van der Waals surface area contributed by atoms with Gasteiger partial charge in [0.05, 0.1) is 4.88 Å². The summed E-state index contributed by atoms with van der Waals surface area (Å²) in [6, 6.07) is 3.85. The highest BCUT2D eigenvalue weighted by Gasteiger charge is 2.05. The van der Waals surface area contributed by atoms with E-state index >= 15 is 0 Å². The second kappa shape index (κ2) is 7.86. The molecule has 0 radical (unpaired) electrons. The molecule has 1 aromatic heterocycles. The predicted octanol–water partition coefficient (Wildman–Crippen LogP) is 5.03. The van der Waals surface area contributed by atoms with Crippen LogP contribution >= 0.6 is 22.9 Å². The number of carbonyl (C=O) groups excluding carboxylic acids is 1. The Morgan fingerprint density at radius 1 is 1.19 bits per heavy atom. The second-order valence-corrected chi connectivity index (χ2v) is 5.57. The molecule has 1 nitrogen and oxygen atoms in total. The van der Waals surface area contributed by atoms with E-state index in [4.69, 9.17) is 11.6 Å². The maximum Gasteiger partial charge on any atom is 0.262 e. The van der Waals surface area contributed by atoms with Crippen molar-refractivity contribution in [3.8, 4) is 0 Å². The first-order chi connectivity index (χ1) is 7.74. The topological polar surface area (TPSA) is 17.1 Å². The van der Waals surface area contributed by atoms with Crippen LogP contribution in [0.15, 0.2) is 12.1 Å². The highest BCUT2D eigenvalue weighted by Crippen LogP contribution is 2.20. The smallest absolute Gasteiger partial charge is 0.262 e. The van der Waals surface area contributed by atoms with Gasteiger partial charge in [0, 0.05) is 4.88 Å². The fourth-order valence-electron chi connectivity index (χ4n) is 1.70. The number of thiophene rings is 1. The zero-order valence-corrected chi connectivity index (χ0v) is 11.4. The van der Waals surface area contributed by atoms with Crippen LogP contribution in [-0.4, -0.2) is 5.24 Å². The number of halogens is 1. The first-order valence-electron chi connectivity index (χ1n) is 6.02. The van der Waals surface area contributed by atoms with E-state index < -0.39 is 0 Å². The Kier molecular flexibility index (Phi) is 6.74. The molecule has 16 heavy (non-hydrogen) atoms. The van der Waals surface area contributed by atoms with Gasteiger partial charge in [-0.3, -0.25) is 4.79 Å². The standard InChI is InChI=1S/C13H19ClOS/c1-2-3-4-5-6-7-8-11-9-10-12(16-11)13(14)15/h9-10H,2-8H2,1H3. The summed E-state index contributed by atoms with van der Waals surface area (Å²) in [6.07, 6.45) is 8.94. The molecule has 1 heterocycles. The van der Waals surface area contributed by atoms with Crippen molar-refractivity contribution in [2.24, 2.45) is 0 Å². The largest absolute Gasteiger partial charge is 0.275 e. The van der Waals surface area contributed by atoms with Gasteiger partial charge in [-0.25, -0.2) is 0 Å². The molecule has 0 saturated carbocycles. The van der Waals surface area contributed by atoms with E-state index in [9.17, 15) is 4.79 Å². The molecule has 0 aliphatic carbocycles. The molecule has 1 aromatic rings. The van der Waals surface area contributed by atoms with Crippen molar-refractivity contribution in [3.05, 3.63) is 21.9 Å². The average molecular weight is 259 g/mol. The zero-order chi connectivity index (χ0) is 11.8. The lowest BCUT2D eigenvalue weighted by Gasteiger charge is -1.99. The van der Waals surface area contributed by atoms with Crippen molar-refractivity contribution in [2.75, 3.05) is 0 Å². The minimum Gasteiger partial charge on any atom is -0.275 e. The number of hydrogen-bond acceptors (Lipinski definition) is 2. The Morgan fingerprint density at radius 3 is 2.50 bits per heavy atom. The van der Waals surface area contributed by atoms with Gasteiger partial charge in [0.25, 0.3) is 5.24 Å². The molecule has 0 unspecified atom stereocenters. The van der Waals surface area contributed by atoms with Gasteiger partial charge < -0.3 is 0 Å². The van der Waals surface area contributed by atoms with Crippen LogP contribution in [0, 0.1) is 0 Å². The molecule has 0 aliphatic heterocycles. The predicted molar refractivity (Wildman–Crippen MR) is 71.6 cm³/mol. The monoisotopic (exact) mass is 258 g/mol. The van der Waals surface area contributed by atoms with Crippen LogP contribution in [0.2, 0.25) is 0 Å². The molecule has 0 fully saturated rings. The third-order valence-electron chi connectivity index (χ3n) is 2.63. The Bertz CT molecular complexity index is 319. The summed E-state index contributed by atoms with van der Waals surface area (Å²) in [4.78, 5) is 12.8. The molecular formula is C13H19ClOS. The lowest BCUT2D eigenvalue weighted by atomic mass is 10.1. The summed E-state index contributed by atoms with van der Waals surface area (Å²) < 4.78 is 0. The van der Waals surface area contributed by atoms with Crippen molar-refractivity contribution in [1.82, 2.24) is 0 Å². The molecule has 0 N–H and O–H groups in total. The van der Waals surface area contributed by atoms with E-state index in [1.165, 1.54) is 54.7 Å². The van der Waals surface area contributed by atoms with Crippen LogP contribution in [0.3, 0.4) is 0 Å². The van der Waals surface area contributed by atoms with Crippen LogP contribution in [0.25, 0.3) is 0 Å². The maximum atomic E-state index is 10.9. The van der Waals surface area contributed by atoms with Crippen molar-refractivity contribution in [1.29, 1.82) is 0 Å². The van der Waals surface area contributed by atoms with Crippen LogP contribution in [0.4, 0.5) is 0 Å². The summed E-state index contributed by atoms with van der Waals surface area (Å²) >= 11 is 6.93. The summed E-state index contributed by atoms with van der Waals surface area (Å²) in [7, 11) is 0. The molecule has 0 bridgehead atoms. The van der Waals surface area contributed by atoms with Crippen molar-refractivity contribution < 1.29 is 4.79 Å². The van der Waals surface area contributed by atoms with Crippen LogP contribution < -0.4 is 0 Å². The van der Waals surface area contributed by atoms with Crippen molar-refractivity contribution >= 4 is 28.2 Å². The molecule has 1 rings (SSSR count). The number of rotatable bonds is 8. The van der Waals surface area contributed by atoms with Gasteiger partial charge in [-0.1, -0.05) is 39.0 Å². The van der Waals surface area contributed by atoms with Gasteiger partial charge in [0.15, 0.2) is 0 Å². The van der Waals surface area contributed by atoms with Gasteiger partial charge in [0.2, 0.25) is 0 Å². The highest BCUT2D eigenvalue weighted by atomic mass is 35.5. The van der Waals surface area contributed by atoms with E-state index in [1.54, 1.807) is 0 Å². The second-order valence-electron chi connectivity index (χ2n) is 4.06. The molecule has 0 aromatic carbocycles. The summed E-state index contributed by atoms with van der Waals surface area (Å²) in [5, 5.41) is -0.334. The lowest BCUT2D eigenvalue weighted by molar-refractivity contribution is 0.108. The van der Waals surface area contributed by atoms with Crippen LogP contribution in [-0.2, 0) is 6.42 Å². The van der Waals surface area contributed by atoms with Crippen molar-refractivity contribution in [2.45, 2.75) is 51.9 Å². The minimum absolute atomic E-state index is 0.334. The fourth-order valence-corrected chi connectivity index (χ4v) is 2.76. The Labute approximate surface area is 107 Å². The first kappa shape index (κ1) is 13.7. The first-order valence-corrected chi connectivity index (χ1v) is 7.22. The number of carbonyl (C=O) groups is 1. The molecule has 0 aliphatic rings. The van der Waals surface area contributed by atoms with Gasteiger partial charge in [-0.15, -0.1) is 11.3 Å². The van der Waals surface area contributed by atoms with Gasteiger partial charge >= 0.3 is 0 Å². The molecule has 0 saturated heterocycles. The minimum atomic E-state index is -0.334.